The minimum Gasteiger partial charge on any atom is -0.351 e. The van der Waals surface area contributed by atoms with Gasteiger partial charge in [0.1, 0.15) is 11.8 Å². The van der Waals surface area contributed by atoms with Crippen LogP contribution in [0.3, 0.4) is 0 Å². The number of anilines is 1. The van der Waals surface area contributed by atoms with E-state index < -0.39 is 0 Å². The summed E-state index contributed by atoms with van der Waals surface area (Å²) in [4.78, 5) is 19.5. The first kappa shape index (κ1) is 11.6. The molecule has 0 spiro atoms. The number of fused-ring (bicyclic) bond motifs is 1. The van der Waals surface area contributed by atoms with Crippen LogP contribution in [0.15, 0.2) is 36.2 Å². The maximum Gasteiger partial charge on any atom is 0.182 e. The number of H-pyrrole nitrogens is 1. The minimum absolute atomic E-state index is 0.725. The second-order valence-electron chi connectivity index (χ2n) is 4.70. The highest BCUT2D eigenvalue weighted by atomic mass is 32.1. The molecule has 0 unspecified atom stereocenters. The molecule has 0 amide bonds. The number of aromatic nitrogens is 4. The topological polar surface area (TPSA) is 57.7 Å². The zero-order valence-electron chi connectivity index (χ0n) is 10.8. The van der Waals surface area contributed by atoms with Crippen LogP contribution in [0, 0.1) is 0 Å². The number of thiophene rings is 1. The molecule has 0 bridgehead atoms. The van der Waals surface area contributed by atoms with Gasteiger partial charge >= 0.3 is 0 Å². The Bertz CT molecular complexity index is 759. The quantitative estimate of drug-likeness (QED) is 0.785. The summed E-state index contributed by atoms with van der Waals surface area (Å²) in [5.41, 5.74) is 3.08. The van der Waals surface area contributed by atoms with Crippen molar-refractivity contribution in [3.05, 3.63) is 41.1 Å². The lowest BCUT2D eigenvalue weighted by molar-refractivity contribution is 0.819. The van der Waals surface area contributed by atoms with Crippen LogP contribution in [-0.4, -0.2) is 33.0 Å². The van der Waals surface area contributed by atoms with Crippen LogP contribution >= 0.6 is 11.3 Å². The highest BCUT2D eigenvalue weighted by Crippen LogP contribution is 2.29. The standard InChI is InChI=1S/C14H13N5S/c1-2-11(20-7-1)10-3-5-19(6-4-10)14-12-13(16-8-15-12)17-9-18-14/h1-3,7-9H,4-6H2,(H,15,16,17,18). The molecule has 1 aliphatic heterocycles. The second-order valence-corrected chi connectivity index (χ2v) is 5.65. The number of hydrogen-bond donors (Lipinski definition) is 1. The molecule has 0 atom stereocenters. The molecule has 0 aliphatic carbocycles. The zero-order valence-corrected chi connectivity index (χ0v) is 11.6. The van der Waals surface area contributed by atoms with Crippen molar-refractivity contribution in [3.8, 4) is 0 Å². The van der Waals surface area contributed by atoms with Gasteiger partial charge in [-0.15, -0.1) is 11.3 Å². The van der Waals surface area contributed by atoms with E-state index in [0.717, 1.165) is 36.5 Å². The lowest BCUT2D eigenvalue weighted by Gasteiger charge is -2.27. The van der Waals surface area contributed by atoms with E-state index in [1.165, 1.54) is 10.5 Å². The maximum absolute atomic E-state index is 4.41. The molecule has 6 heteroatoms. The first-order valence-corrected chi connectivity index (χ1v) is 7.42. The third kappa shape index (κ3) is 1.89. The van der Waals surface area contributed by atoms with Gasteiger partial charge in [-0.3, -0.25) is 0 Å². The van der Waals surface area contributed by atoms with Gasteiger partial charge in [-0.25, -0.2) is 15.0 Å². The van der Waals surface area contributed by atoms with E-state index in [4.69, 9.17) is 0 Å². The highest BCUT2D eigenvalue weighted by Gasteiger charge is 2.18. The molecule has 20 heavy (non-hydrogen) atoms. The van der Waals surface area contributed by atoms with Gasteiger partial charge in [-0.05, 0) is 23.4 Å². The fourth-order valence-corrected chi connectivity index (χ4v) is 3.34. The molecule has 3 aromatic rings. The predicted molar refractivity (Wildman–Crippen MR) is 80.8 cm³/mol. The van der Waals surface area contributed by atoms with Crippen LogP contribution in [-0.2, 0) is 0 Å². The van der Waals surface area contributed by atoms with Gasteiger partial charge in [-0.1, -0.05) is 12.1 Å². The molecule has 1 aliphatic rings. The number of nitrogens with zero attached hydrogens (tertiary/aromatic N) is 4. The van der Waals surface area contributed by atoms with Gasteiger partial charge < -0.3 is 9.88 Å². The lowest BCUT2D eigenvalue weighted by Crippen LogP contribution is -2.29. The molecule has 100 valence electrons. The maximum atomic E-state index is 4.41. The van der Waals surface area contributed by atoms with Crippen LogP contribution in [0.4, 0.5) is 5.82 Å². The molecule has 0 saturated heterocycles. The molecule has 5 nitrogen and oxygen atoms in total. The van der Waals surface area contributed by atoms with Crippen molar-refractivity contribution >= 4 is 33.9 Å². The Hall–Kier alpha value is -2.21. The van der Waals surface area contributed by atoms with Gasteiger partial charge in [0, 0.05) is 18.0 Å². The van der Waals surface area contributed by atoms with Crippen LogP contribution < -0.4 is 4.90 Å². The monoisotopic (exact) mass is 283 g/mol. The SMILES string of the molecule is C1=C(c2cccs2)CCN(c2ncnc3nc[nH]c23)C1. The Kier molecular flexibility index (Phi) is 2.74. The molecule has 0 radical (unpaired) electrons. The Balaban J connectivity index is 1.64. The van der Waals surface area contributed by atoms with Crippen molar-refractivity contribution in [1.29, 1.82) is 0 Å². The van der Waals surface area contributed by atoms with E-state index in [0.29, 0.717) is 0 Å². The molecular formula is C14H13N5S. The average Bonchev–Trinajstić information content (AvgIpc) is 3.18. The summed E-state index contributed by atoms with van der Waals surface area (Å²) in [6, 6.07) is 4.29. The number of imidazole rings is 1. The second kappa shape index (κ2) is 4.72. The minimum atomic E-state index is 0.725. The Morgan fingerprint density at radius 1 is 1.25 bits per heavy atom. The van der Waals surface area contributed by atoms with Gasteiger partial charge in [0.05, 0.1) is 6.33 Å². The van der Waals surface area contributed by atoms with Crippen LogP contribution in [0.2, 0.25) is 0 Å². The molecule has 4 rings (SSSR count). The molecule has 4 heterocycles. The Morgan fingerprint density at radius 3 is 3.05 bits per heavy atom. The number of nitrogens with one attached hydrogen (secondary N) is 1. The summed E-state index contributed by atoms with van der Waals surface area (Å²) in [6.07, 6.45) is 6.58. The van der Waals surface area contributed by atoms with E-state index in [1.54, 1.807) is 24.0 Å². The fourth-order valence-electron chi connectivity index (χ4n) is 2.54. The third-order valence-corrected chi connectivity index (χ3v) is 4.49. The summed E-state index contributed by atoms with van der Waals surface area (Å²) in [5.74, 6) is 0.939. The summed E-state index contributed by atoms with van der Waals surface area (Å²) >= 11 is 1.80. The molecular weight excluding hydrogens is 270 g/mol. The number of aromatic amines is 1. The summed E-state index contributed by atoms with van der Waals surface area (Å²) < 4.78 is 0. The van der Waals surface area contributed by atoms with E-state index in [2.05, 4.69) is 48.4 Å². The van der Waals surface area contributed by atoms with Crippen LogP contribution in [0.25, 0.3) is 16.7 Å². The van der Waals surface area contributed by atoms with Crippen LogP contribution in [0.5, 0.6) is 0 Å². The third-order valence-electron chi connectivity index (χ3n) is 3.55. The van der Waals surface area contributed by atoms with Gasteiger partial charge in [0.15, 0.2) is 11.5 Å². The molecule has 1 N–H and O–H groups in total. The molecule has 3 aromatic heterocycles. The van der Waals surface area contributed by atoms with Crippen molar-refractivity contribution in [2.24, 2.45) is 0 Å². The zero-order chi connectivity index (χ0) is 13.4. The van der Waals surface area contributed by atoms with E-state index in [9.17, 15) is 0 Å². The summed E-state index contributed by atoms with van der Waals surface area (Å²) in [6.45, 7) is 1.84. The van der Waals surface area contributed by atoms with Gasteiger partial charge in [0.25, 0.3) is 0 Å². The summed E-state index contributed by atoms with van der Waals surface area (Å²) in [5, 5.41) is 2.13. The van der Waals surface area contributed by atoms with E-state index in [1.807, 2.05) is 0 Å². The normalized spacial score (nSPS) is 15.6. The largest absolute Gasteiger partial charge is 0.351 e. The molecule has 0 saturated carbocycles. The average molecular weight is 283 g/mol. The number of hydrogen-bond acceptors (Lipinski definition) is 5. The highest BCUT2D eigenvalue weighted by molar-refractivity contribution is 7.11. The molecule has 0 aromatic carbocycles. The first-order chi connectivity index (χ1) is 9.92. The smallest absolute Gasteiger partial charge is 0.182 e. The van der Waals surface area contributed by atoms with E-state index in [-0.39, 0.29) is 0 Å². The van der Waals surface area contributed by atoms with Crippen molar-refractivity contribution in [1.82, 2.24) is 19.9 Å². The predicted octanol–water partition coefficient (Wildman–Crippen LogP) is 2.71. The fraction of sp³-hybridized carbons (Fsp3) is 0.214. The van der Waals surface area contributed by atoms with Crippen molar-refractivity contribution in [2.45, 2.75) is 6.42 Å². The van der Waals surface area contributed by atoms with Crippen molar-refractivity contribution in [2.75, 3.05) is 18.0 Å². The first-order valence-electron chi connectivity index (χ1n) is 6.54. The molecule has 0 fully saturated rings. The summed E-state index contributed by atoms with van der Waals surface area (Å²) in [7, 11) is 0. The Morgan fingerprint density at radius 2 is 2.25 bits per heavy atom. The Labute approximate surface area is 120 Å². The van der Waals surface area contributed by atoms with Crippen molar-refractivity contribution in [3.63, 3.8) is 0 Å². The van der Waals surface area contributed by atoms with Crippen LogP contribution in [0.1, 0.15) is 11.3 Å². The van der Waals surface area contributed by atoms with Gasteiger partial charge in [0.2, 0.25) is 0 Å². The lowest BCUT2D eigenvalue weighted by atomic mass is 10.1. The van der Waals surface area contributed by atoms with E-state index >= 15 is 0 Å². The van der Waals surface area contributed by atoms with Crippen molar-refractivity contribution < 1.29 is 0 Å². The number of rotatable bonds is 2. The van der Waals surface area contributed by atoms with Gasteiger partial charge in [-0.2, -0.15) is 0 Å².